The number of nitrogens with one attached hydrogen (secondary N) is 1. The van der Waals surface area contributed by atoms with E-state index in [-0.39, 0.29) is 0 Å². The topological polar surface area (TPSA) is 54.9 Å². The summed E-state index contributed by atoms with van der Waals surface area (Å²) in [6, 6.07) is 6.95. The third kappa shape index (κ3) is 2.65. The number of hydrogen-bond acceptors (Lipinski definition) is 2. The highest BCUT2D eigenvalue weighted by Gasteiger charge is 2.03. The molecule has 2 aromatic rings. The second kappa shape index (κ2) is 4.59. The molecule has 0 aliphatic rings. The minimum Gasteiger partial charge on any atom is -0.296 e. The van der Waals surface area contributed by atoms with Gasteiger partial charge in [0.25, 0.3) is 5.56 Å². The Morgan fingerprint density at radius 3 is 2.71 bits per heavy atom. The lowest BCUT2D eigenvalue weighted by atomic mass is 10.1. The second-order valence-electron chi connectivity index (χ2n) is 3.83. The molecule has 0 radical (unpaired) electrons. The third-order valence-electron chi connectivity index (χ3n) is 2.45. The van der Waals surface area contributed by atoms with Gasteiger partial charge in [0, 0.05) is 17.3 Å². The van der Waals surface area contributed by atoms with Gasteiger partial charge in [0.05, 0.1) is 6.54 Å². The maximum atomic E-state index is 11.5. The molecule has 1 aromatic heterocycles. The van der Waals surface area contributed by atoms with Crippen LogP contribution in [0.3, 0.4) is 0 Å². The first-order valence-electron chi connectivity index (χ1n) is 5.11. The van der Waals surface area contributed by atoms with Crippen LogP contribution in [-0.4, -0.2) is 9.55 Å². The predicted octanol–water partition coefficient (Wildman–Crippen LogP) is 1.55. The molecule has 0 saturated carbocycles. The molecule has 0 fully saturated rings. The largest absolute Gasteiger partial charge is 0.328 e. The Hall–Kier alpha value is -1.81. The van der Waals surface area contributed by atoms with Crippen molar-refractivity contribution < 1.29 is 0 Å². The van der Waals surface area contributed by atoms with Crippen molar-refractivity contribution in [3.8, 4) is 0 Å². The molecule has 17 heavy (non-hydrogen) atoms. The molecule has 0 amide bonds. The fourth-order valence-electron chi connectivity index (χ4n) is 1.53. The van der Waals surface area contributed by atoms with Crippen LogP contribution in [0.15, 0.2) is 40.1 Å². The molecule has 0 aliphatic heterocycles. The summed E-state index contributed by atoms with van der Waals surface area (Å²) < 4.78 is 1.40. The highest BCUT2D eigenvalue weighted by molar-refractivity contribution is 6.31. The van der Waals surface area contributed by atoms with Crippen molar-refractivity contribution in [2.75, 3.05) is 0 Å². The van der Waals surface area contributed by atoms with Gasteiger partial charge >= 0.3 is 5.69 Å². The average molecular weight is 251 g/mol. The molecular weight excluding hydrogens is 240 g/mol. The average Bonchev–Trinajstić information content (AvgIpc) is 2.25. The van der Waals surface area contributed by atoms with Crippen molar-refractivity contribution in [2.24, 2.45) is 0 Å². The van der Waals surface area contributed by atoms with E-state index in [1.165, 1.54) is 16.8 Å². The molecule has 0 spiro atoms. The lowest BCUT2D eigenvalue weighted by molar-refractivity contribution is 0.720. The van der Waals surface area contributed by atoms with Gasteiger partial charge in [-0.05, 0) is 24.1 Å². The first kappa shape index (κ1) is 11.7. The summed E-state index contributed by atoms with van der Waals surface area (Å²) in [6.07, 6.45) is 1.46. The lowest BCUT2D eigenvalue weighted by Crippen LogP contribution is -2.28. The minimum atomic E-state index is -0.436. The Kier molecular flexibility index (Phi) is 3.15. The van der Waals surface area contributed by atoms with Crippen molar-refractivity contribution in [1.82, 2.24) is 9.55 Å². The van der Waals surface area contributed by atoms with Crippen molar-refractivity contribution in [2.45, 2.75) is 13.5 Å². The quantitative estimate of drug-likeness (QED) is 0.879. The van der Waals surface area contributed by atoms with Crippen LogP contribution >= 0.6 is 11.6 Å². The van der Waals surface area contributed by atoms with Crippen LogP contribution in [0.4, 0.5) is 0 Å². The number of aryl methyl sites for hydroxylation is 1. The molecule has 5 heteroatoms. The number of hydrogen-bond donors (Lipinski definition) is 1. The standard InChI is InChI=1S/C12H11ClN2O2/c1-8-2-3-9(10(13)6-8)7-15-5-4-11(16)14-12(15)17/h2-6H,7H2,1H3,(H,14,16,17). The van der Waals surface area contributed by atoms with Gasteiger partial charge in [0.1, 0.15) is 0 Å². The van der Waals surface area contributed by atoms with E-state index in [1.54, 1.807) is 0 Å². The molecular formula is C12H11ClN2O2. The van der Waals surface area contributed by atoms with Gasteiger partial charge in [0.2, 0.25) is 0 Å². The van der Waals surface area contributed by atoms with Crippen LogP contribution in [-0.2, 0) is 6.54 Å². The first-order chi connectivity index (χ1) is 8.06. The summed E-state index contributed by atoms with van der Waals surface area (Å²) in [7, 11) is 0. The molecule has 0 aliphatic carbocycles. The Morgan fingerprint density at radius 1 is 1.29 bits per heavy atom. The molecule has 1 N–H and O–H groups in total. The molecule has 0 atom stereocenters. The van der Waals surface area contributed by atoms with Gasteiger partial charge < -0.3 is 0 Å². The van der Waals surface area contributed by atoms with Gasteiger partial charge in [-0.25, -0.2) is 4.79 Å². The van der Waals surface area contributed by atoms with Crippen LogP contribution < -0.4 is 11.2 Å². The maximum absolute atomic E-state index is 11.5. The van der Waals surface area contributed by atoms with Crippen molar-refractivity contribution >= 4 is 11.6 Å². The van der Waals surface area contributed by atoms with Gasteiger partial charge in [-0.2, -0.15) is 0 Å². The summed E-state index contributed by atoms with van der Waals surface area (Å²) in [5.74, 6) is 0. The van der Waals surface area contributed by atoms with Crippen LogP contribution in [0.2, 0.25) is 5.02 Å². The van der Waals surface area contributed by atoms with Crippen molar-refractivity contribution in [1.29, 1.82) is 0 Å². The Morgan fingerprint density at radius 2 is 2.06 bits per heavy atom. The Labute approximate surface area is 102 Å². The first-order valence-corrected chi connectivity index (χ1v) is 5.49. The van der Waals surface area contributed by atoms with E-state index >= 15 is 0 Å². The van der Waals surface area contributed by atoms with Gasteiger partial charge in [-0.3, -0.25) is 14.3 Å². The second-order valence-corrected chi connectivity index (χ2v) is 4.24. The number of aromatic amines is 1. The highest BCUT2D eigenvalue weighted by Crippen LogP contribution is 2.17. The summed E-state index contributed by atoms with van der Waals surface area (Å²) in [5.41, 5.74) is 1.06. The number of benzene rings is 1. The molecule has 88 valence electrons. The number of aromatic nitrogens is 2. The third-order valence-corrected chi connectivity index (χ3v) is 2.80. The predicted molar refractivity (Wildman–Crippen MR) is 66.6 cm³/mol. The molecule has 0 unspecified atom stereocenters. The maximum Gasteiger partial charge on any atom is 0.328 e. The number of rotatable bonds is 2. The molecule has 0 bridgehead atoms. The SMILES string of the molecule is Cc1ccc(Cn2ccc(=O)[nH]c2=O)c(Cl)c1. The number of H-pyrrole nitrogens is 1. The zero-order valence-corrected chi connectivity index (χ0v) is 9.99. The summed E-state index contributed by atoms with van der Waals surface area (Å²) in [6.45, 7) is 2.29. The zero-order valence-electron chi connectivity index (χ0n) is 9.24. The van der Waals surface area contributed by atoms with Gasteiger partial charge in [-0.1, -0.05) is 23.7 Å². The molecule has 1 heterocycles. The van der Waals surface area contributed by atoms with E-state index in [0.717, 1.165) is 11.1 Å². The van der Waals surface area contributed by atoms with E-state index in [9.17, 15) is 9.59 Å². The van der Waals surface area contributed by atoms with Crippen LogP contribution in [0.5, 0.6) is 0 Å². The van der Waals surface area contributed by atoms with E-state index in [4.69, 9.17) is 11.6 Å². The molecule has 1 aromatic carbocycles. The van der Waals surface area contributed by atoms with Crippen LogP contribution in [0, 0.1) is 6.92 Å². The minimum absolute atomic E-state index is 0.342. The summed E-state index contributed by atoms with van der Waals surface area (Å²) in [5, 5.41) is 0.614. The van der Waals surface area contributed by atoms with Crippen LogP contribution in [0.25, 0.3) is 0 Å². The summed E-state index contributed by atoms with van der Waals surface area (Å²) in [4.78, 5) is 24.6. The van der Waals surface area contributed by atoms with Crippen molar-refractivity contribution in [3.63, 3.8) is 0 Å². The van der Waals surface area contributed by atoms with E-state index in [0.29, 0.717) is 11.6 Å². The Balaban J connectivity index is 2.38. The molecule has 2 rings (SSSR count). The highest BCUT2D eigenvalue weighted by atomic mass is 35.5. The fourth-order valence-corrected chi connectivity index (χ4v) is 1.83. The smallest absolute Gasteiger partial charge is 0.296 e. The van der Waals surface area contributed by atoms with Crippen LogP contribution in [0.1, 0.15) is 11.1 Å². The summed E-state index contributed by atoms with van der Waals surface area (Å²) >= 11 is 6.08. The molecule has 0 saturated heterocycles. The number of halogens is 1. The van der Waals surface area contributed by atoms with E-state index in [1.807, 2.05) is 25.1 Å². The monoisotopic (exact) mass is 250 g/mol. The Bertz CT molecular complexity index is 658. The fraction of sp³-hybridized carbons (Fsp3) is 0.167. The number of nitrogens with zero attached hydrogens (tertiary/aromatic N) is 1. The normalized spacial score (nSPS) is 10.5. The van der Waals surface area contributed by atoms with Gasteiger partial charge in [0.15, 0.2) is 0 Å². The molecule has 4 nitrogen and oxygen atoms in total. The van der Waals surface area contributed by atoms with E-state index < -0.39 is 11.2 Å². The van der Waals surface area contributed by atoms with Crippen molar-refractivity contribution in [3.05, 3.63) is 67.4 Å². The van der Waals surface area contributed by atoms with Gasteiger partial charge in [-0.15, -0.1) is 0 Å². The zero-order chi connectivity index (χ0) is 12.4. The van der Waals surface area contributed by atoms with E-state index in [2.05, 4.69) is 4.98 Å². The lowest BCUT2D eigenvalue weighted by Gasteiger charge is -2.07.